The highest BCUT2D eigenvalue weighted by Gasteiger charge is 2.00. The van der Waals surface area contributed by atoms with Gasteiger partial charge in [-0.1, -0.05) is 5.16 Å². The third kappa shape index (κ3) is 1.94. The van der Waals surface area contributed by atoms with E-state index in [1.54, 1.807) is 12.1 Å². The number of ether oxygens (including phenoxy) is 1. The molecule has 0 atom stereocenters. The van der Waals surface area contributed by atoms with Crippen molar-refractivity contribution < 1.29 is 9.94 Å². The molecule has 64 valence electrons. The number of rotatable bonds is 2. The molecule has 1 aromatic rings. The molecule has 0 aliphatic heterocycles. The summed E-state index contributed by atoms with van der Waals surface area (Å²) in [5.74, 6) is 0.465. The normalized spacial score (nSPS) is 10.5. The second kappa shape index (κ2) is 4.06. The molecule has 1 aromatic heterocycles. The van der Waals surface area contributed by atoms with E-state index in [1.807, 2.05) is 0 Å². The summed E-state index contributed by atoms with van der Waals surface area (Å²) in [6.45, 7) is 0. The summed E-state index contributed by atoms with van der Waals surface area (Å²) >= 11 is 3.25. The highest BCUT2D eigenvalue weighted by molar-refractivity contribution is 9.10. The van der Waals surface area contributed by atoms with Gasteiger partial charge in [-0.05, 0) is 28.1 Å². The monoisotopic (exact) mass is 230 g/mol. The molecule has 0 saturated heterocycles. The van der Waals surface area contributed by atoms with Crippen LogP contribution in [0.2, 0.25) is 0 Å². The van der Waals surface area contributed by atoms with Gasteiger partial charge in [0.1, 0.15) is 0 Å². The highest BCUT2D eigenvalue weighted by Crippen LogP contribution is 2.21. The van der Waals surface area contributed by atoms with Crippen molar-refractivity contribution in [3.8, 4) is 5.88 Å². The summed E-state index contributed by atoms with van der Waals surface area (Å²) in [6, 6.07) is 3.47. The van der Waals surface area contributed by atoms with Crippen LogP contribution in [-0.2, 0) is 0 Å². The number of hydrogen-bond acceptors (Lipinski definition) is 4. The zero-order chi connectivity index (χ0) is 8.97. The van der Waals surface area contributed by atoms with Crippen LogP contribution in [0.5, 0.6) is 5.88 Å². The zero-order valence-corrected chi connectivity index (χ0v) is 7.95. The maximum atomic E-state index is 8.23. The molecule has 0 aliphatic rings. The van der Waals surface area contributed by atoms with Crippen LogP contribution >= 0.6 is 15.9 Å². The smallest absolute Gasteiger partial charge is 0.228 e. The van der Waals surface area contributed by atoms with Gasteiger partial charge in [-0.25, -0.2) is 4.98 Å². The van der Waals surface area contributed by atoms with E-state index in [1.165, 1.54) is 13.3 Å². The summed E-state index contributed by atoms with van der Waals surface area (Å²) in [4.78, 5) is 4.00. The fourth-order valence-electron chi connectivity index (χ4n) is 0.712. The van der Waals surface area contributed by atoms with E-state index in [2.05, 4.69) is 26.1 Å². The molecule has 0 unspecified atom stereocenters. The van der Waals surface area contributed by atoms with Gasteiger partial charge in [0.05, 0.1) is 23.5 Å². The van der Waals surface area contributed by atoms with Crippen molar-refractivity contribution in [2.45, 2.75) is 0 Å². The number of nitrogens with zero attached hydrogens (tertiary/aromatic N) is 2. The van der Waals surface area contributed by atoms with Crippen LogP contribution in [0.3, 0.4) is 0 Å². The number of pyridine rings is 1. The fraction of sp³-hybridized carbons (Fsp3) is 0.143. The lowest BCUT2D eigenvalue weighted by atomic mass is 10.4. The summed E-state index contributed by atoms with van der Waals surface area (Å²) in [6.07, 6.45) is 1.23. The van der Waals surface area contributed by atoms with E-state index < -0.39 is 0 Å². The Balaban J connectivity index is 3.05. The van der Waals surface area contributed by atoms with E-state index in [0.29, 0.717) is 11.6 Å². The topological polar surface area (TPSA) is 54.7 Å². The zero-order valence-electron chi connectivity index (χ0n) is 6.36. The Kier molecular flexibility index (Phi) is 3.04. The van der Waals surface area contributed by atoms with Crippen molar-refractivity contribution in [3.05, 3.63) is 22.3 Å². The number of hydrogen-bond donors (Lipinski definition) is 1. The lowest BCUT2D eigenvalue weighted by Gasteiger charge is -2.01. The van der Waals surface area contributed by atoms with Crippen molar-refractivity contribution in [2.75, 3.05) is 7.11 Å². The Morgan fingerprint density at radius 2 is 2.42 bits per heavy atom. The SMILES string of the molecule is COc1nc(/C=N/O)ccc1Br. The van der Waals surface area contributed by atoms with Crippen molar-refractivity contribution in [1.29, 1.82) is 0 Å². The minimum absolute atomic E-state index is 0.465. The van der Waals surface area contributed by atoms with E-state index in [9.17, 15) is 0 Å². The van der Waals surface area contributed by atoms with Crippen LogP contribution < -0.4 is 4.74 Å². The summed E-state index contributed by atoms with van der Waals surface area (Å²) < 4.78 is 5.69. The average Bonchev–Trinajstić information content (AvgIpc) is 2.09. The largest absolute Gasteiger partial charge is 0.480 e. The number of halogens is 1. The number of aromatic nitrogens is 1. The van der Waals surface area contributed by atoms with Gasteiger partial charge in [-0.2, -0.15) is 0 Å². The maximum Gasteiger partial charge on any atom is 0.228 e. The molecule has 12 heavy (non-hydrogen) atoms. The highest BCUT2D eigenvalue weighted by atomic mass is 79.9. The first-order valence-corrected chi connectivity index (χ1v) is 3.95. The third-order valence-corrected chi connectivity index (χ3v) is 1.82. The van der Waals surface area contributed by atoms with Crippen LogP contribution in [0.4, 0.5) is 0 Å². The van der Waals surface area contributed by atoms with E-state index in [-0.39, 0.29) is 0 Å². The Labute approximate surface area is 78.0 Å². The average molecular weight is 231 g/mol. The van der Waals surface area contributed by atoms with Crippen molar-refractivity contribution >= 4 is 22.1 Å². The van der Waals surface area contributed by atoms with Crippen LogP contribution in [0, 0.1) is 0 Å². The Morgan fingerprint density at radius 1 is 1.67 bits per heavy atom. The number of methoxy groups -OCH3 is 1. The second-order valence-electron chi connectivity index (χ2n) is 1.97. The van der Waals surface area contributed by atoms with Gasteiger partial charge in [0.25, 0.3) is 0 Å². The molecule has 0 fully saturated rings. The maximum absolute atomic E-state index is 8.23. The summed E-state index contributed by atoms with van der Waals surface area (Å²) in [5.41, 5.74) is 0.539. The van der Waals surface area contributed by atoms with Gasteiger partial charge in [-0.15, -0.1) is 0 Å². The van der Waals surface area contributed by atoms with Crippen LogP contribution in [-0.4, -0.2) is 23.5 Å². The summed E-state index contributed by atoms with van der Waals surface area (Å²) in [7, 11) is 1.52. The number of oxime groups is 1. The second-order valence-corrected chi connectivity index (χ2v) is 2.83. The Bertz CT molecular complexity index is 301. The van der Waals surface area contributed by atoms with Crippen LogP contribution in [0.25, 0.3) is 0 Å². The molecule has 1 heterocycles. The predicted octanol–water partition coefficient (Wildman–Crippen LogP) is 1.66. The molecule has 0 aromatic carbocycles. The molecule has 0 saturated carbocycles. The van der Waals surface area contributed by atoms with Gasteiger partial charge >= 0.3 is 0 Å². The lowest BCUT2D eigenvalue weighted by molar-refractivity contribution is 0.321. The van der Waals surface area contributed by atoms with Crippen LogP contribution in [0.15, 0.2) is 21.8 Å². The first kappa shape index (κ1) is 8.99. The van der Waals surface area contributed by atoms with Gasteiger partial charge in [0.2, 0.25) is 5.88 Å². The molecule has 4 nitrogen and oxygen atoms in total. The van der Waals surface area contributed by atoms with Crippen LogP contribution in [0.1, 0.15) is 5.69 Å². The van der Waals surface area contributed by atoms with Gasteiger partial charge in [-0.3, -0.25) is 0 Å². The minimum Gasteiger partial charge on any atom is -0.480 e. The van der Waals surface area contributed by atoms with Gasteiger partial charge in [0.15, 0.2) is 0 Å². The molecule has 5 heteroatoms. The molecule has 0 spiro atoms. The van der Waals surface area contributed by atoms with Gasteiger partial charge in [0, 0.05) is 0 Å². The quantitative estimate of drug-likeness (QED) is 0.478. The molecular formula is C7H7BrN2O2. The first-order valence-electron chi connectivity index (χ1n) is 3.16. The lowest BCUT2D eigenvalue weighted by Crippen LogP contribution is -1.93. The minimum atomic E-state index is 0.465. The van der Waals surface area contributed by atoms with E-state index in [0.717, 1.165) is 4.47 Å². The van der Waals surface area contributed by atoms with Crippen molar-refractivity contribution in [1.82, 2.24) is 4.98 Å². The fourth-order valence-corrected chi connectivity index (χ4v) is 1.09. The third-order valence-electron chi connectivity index (χ3n) is 1.22. The van der Waals surface area contributed by atoms with Gasteiger partial charge < -0.3 is 9.94 Å². The van der Waals surface area contributed by atoms with E-state index >= 15 is 0 Å². The molecule has 1 N–H and O–H groups in total. The van der Waals surface area contributed by atoms with E-state index in [4.69, 9.17) is 9.94 Å². The van der Waals surface area contributed by atoms with Crippen molar-refractivity contribution in [3.63, 3.8) is 0 Å². The Morgan fingerprint density at radius 3 is 3.00 bits per heavy atom. The molecule has 1 rings (SSSR count). The molecule has 0 radical (unpaired) electrons. The first-order chi connectivity index (χ1) is 5.77. The summed E-state index contributed by atoms with van der Waals surface area (Å²) in [5, 5.41) is 11.1. The Hall–Kier alpha value is -1.10. The standard InChI is InChI=1S/C7H7BrN2O2/c1-12-7-6(8)3-2-5(10-7)4-9-11/h2-4,11H,1H3/b9-4+. The molecular weight excluding hydrogens is 224 g/mol. The van der Waals surface area contributed by atoms with Crippen molar-refractivity contribution in [2.24, 2.45) is 5.16 Å². The predicted molar refractivity (Wildman–Crippen MR) is 47.9 cm³/mol. The molecule has 0 bridgehead atoms. The molecule has 0 amide bonds. The molecule has 0 aliphatic carbocycles.